The second kappa shape index (κ2) is 76.8. The van der Waals surface area contributed by atoms with Gasteiger partial charge in [0.05, 0.1) is 25.4 Å². The third-order valence-electron chi connectivity index (χ3n) is 19.0. The molecule has 0 aromatic heterocycles. The molecule has 0 fully saturated rings. The number of aliphatic hydroxyl groups excluding tert-OH is 2. The minimum atomic E-state index is -0.844. The molecule has 0 aliphatic carbocycles. The maximum Gasteiger partial charge on any atom is 0.305 e. The van der Waals surface area contributed by atoms with Crippen molar-refractivity contribution in [3.05, 3.63) is 24.3 Å². The fourth-order valence-electron chi connectivity index (χ4n) is 12.9. The van der Waals surface area contributed by atoms with Crippen molar-refractivity contribution in [2.24, 2.45) is 0 Å². The van der Waals surface area contributed by atoms with E-state index in [0.717, 1.165) is 44.9 Å². The van der Waals surface area contributed by atoms with Gasteiger partial charge in [0.25, 0.3) is 0 Å². The fourth-order valence-corrected chi connectivity index (χ4v) is 12.9. The van der Waals surface area contributed by atoms with Crippen LogP contribution in [0, 0.1) is 0 Å². The first kappa shape index (κ1) is 85.3. The molecule has 0 radical (unpaired) electrons. The topological polar surface area (TPSA) is 95.9 Å². The third kappa shape index (κ3) is 73.3. The highest BCUT2D eigenvalue weighted by molar-refractivity contribution is 5.76. The summed E-state index contributed by atoms with van der Waals surface area (Å²) in [7, 11) is 0. The third-order valence-corrected chi connectivity index (χ3v) is 19.0. The van der Waals surface area contributed by atoms with Crippen LogP contribution in [0.5, 0.6) is 0 Å². The molecule has 0 rings (SSSR count). The molecule has 87 heavy (non-hydrogen) atoms. The van der Waals surface area contributed by atoms with Gasteiger partial charge in [0.15, 0.2) is 0 Å². The van der Waals surface area contributed by atoms with Crippen molar-refractivity contribution in [1.29, 1.82) is 0 Å². The highest BCUT2D eigenvalue weighted by atomic mass is 16.5. The Morgan fingerprint density at radius 1 is 0.310 bits per heavy atom. The highest BCUT2D eigenvalue weighted by Gasteiger charge is 2.18. The SMILES string of the molecule is CCCCCCCCC/C=C\CCCCCCCCCC(=O)OCCCCCCCCCCCCCCCCCCCCCCCCCCCCCC(=O)NC(CO)C(O)/C=C/CCCCCCCCCCCCCCCCCCCCCCCCC. The minimum absolute atomic E-state index is 0.0160. The number of esters is 1. The van der Waals surface area contributed by atoms with Crippen molar-refractivity contribution in [2.75, 3.05) is 13.2 Å². The number of hydrogen-bond donors (Lipinski definition) is 3. The van der Waals surface area contributed by atoms with E-state index in [2.05, 4.69) is 31.3 Å². The zero-order valence-electron chi connectivity index (χ0n) is 59.3. The molecule has 0 heterocycles. The molecule has 2 unspecified atom stereocenters. The van der Waals surface area contributed by atoms with Crippen LogP contribution >= 0.6 is 0 Å². The van der Waals surface area contributed by atoms with E-state index in [0.29, 0.717) is 19.4 Å². The lowest BCUT2D eigenvalue weighted by molar-refractivity contribution is -0.143. The second-order valence-electron chi connectivity index (χ2n) is 27.8. The van der Waals surface area contributed by atoms with E-state index in [9.17, 15) is 19.8 Å². The normalized spacial score (nSPS) is 12.6. The van der Waals surface area contributed by atoms with Crippen LogP contribution < -0.4 is 5.32 Å². The maximum atomic E-state index is 12.6. The average molecular weight is 1230 g/mol. The van der Waals surface area contributed by atoms with Gasteiger partial charge >= 0.3 is 5.97 Å². The van der Waals surface area contributed by atoms with Gasteiger partial charge < -0.3 is 20.3 Å². The Labute approximate surface area is 545 Å². The molecule has 2 atom stereocenters. The van der Waals surface area contributed by atoms with Crippen molar-refractivity contribution < 1.29 is 24.5 Å². The molecule has 0 spiro atoms. The summed E-state index contributed by atoms with van der Waals surface area (Å²) in [5.74, 6) is -0.0437. The number of rotatable bonds is 76. The number of aliphatic hydroxyl groups is 2. The lowest BCUT2D eigenvalue weighted by Gasteiger charge is -2.20. The smallest absolute Gasteiger partial charge is 0.305 e. The molecule has 1 amide bonds. The van der Waals surface area contributed by atoms with Gasteiger partial charge in [0, 0.05) is 12.8 Å². The highest BCUT2D eigenvalue weighted by Crippen LogP contribution is 2.20. The monoisotopic (exact) mass is 1220 g/mol. The summed E-state index contributed by atoms with van der Waals surface area (Å²) in [6.07, 6.45) is 98.7. The second-order valence-corrected chi connectivity index (χ2v) is 27.8. The fraction of sp³-hybridized carbons (Fsp3) is 0.926. The summed E-state index contributed by atoms with van der Waals surface area (Å²) in [6, 6.07) is -0.627. The average Bonchev–Trinajstić information content (AvgIpc) is 3.52. The van der Waals surface area contributed by atoms with E-state index < -0.39 is 12.1 Å². The number of carbonyl (C=O) groups excluding carboxylic acids is 2. The van der Waals surface area contributed by atoms with Crippen LogP contribution in [0.1, 0.15) is 457 Å². The molecule has 0 saturated carbocycles. The molecule has 3 N–H and O–H groups in total. The number of carbonyl (C=O) groups is 2. The molecule has 0 aliphatic heterocycles. The molecule has 0 aromatic rings. The summed E-state index contributed by atoms with van der Waals surface area (Å²) >= 11 is 0. The summed E-state index contributed by atoms with van der Waals surface area (Å²) in [6.45, 7) is 4.96. The van der Waals surface area contributed by atoms with Gasteiger partial charge in [-0.15, -0.1) is 0 Å². The van der Waals surface area contributed by atoms with Crippen molar-refractivity contribution in [1.82, 2.24) is 5.32 Å². The Hall–Kier alpha value is -1.66. The summed E-state index contributed by atoms with van der Waals surface area (Å²) in [5.41, 5.74) is 0. The zero-order chi connectivity index (χ0) is 62.8. The predicted octanol–water partition coefficient (Wildman–Crippen LogP) is 26.4. The molecule has 0 aliphatic rings. The Kier molecular flexibility index (Phi) is 75.3. The van der Waals surface area contributed by atoms with Gasteiger partial charge in [-0.05, 0) is 57.8 Å². The number of hydrogen-bond acceptors (Lipinski definition) is 5. The summed E-state index contributed by atoms with van der Waals surface area (Å²) in [4.78, 5) is 24.7. The van der Waals surface area contributed by atoms with Gasteiger partial charge in [-0.25, -0.2) is 0 Å². The first-order valence-corrected chi connectivity index (χ1v) is 40.1. The van der Waals surface area contributed by atoms with Crippen LogP contribution in [0.3, 0.4) is 0 Å². The van der Waals surface area contributed by atoms with Crippen molar-refractivity contribution in [2.45, 2.75) is 469 Å². The van der Waals surface area contributed by atoms with E-state index in [-0.39, 0.29) is 18.5 Å². The molecule has 6 nitrogen and oxygen atoms in total. The van der Waals surface area contributed by atoms with Gasteiger partial charge in [-0.3, -0.25) is 9.59 Å². The number of ether oxygens (including phenoxy) is 1. The van der Waals surface area contributed by atoms with Gasteiger partial charge in [0.2, 0.25) is 5.91 Å². The molecular weight excluding hydrogens is 1070 g/mol. The predicted molar refractivity (Wildman–Crippen MR) is 384 cm³/mol. The molecule has 0 aromatic carbocycles. The van der Waals surface area contributed by atoms with Crippen LogP contribution in [-0.2, 0) is 14.3 Å². The standard InChI is InChI=1S/C81H157NO5/c1-3-5-7-9-11-13-15-17-19-21-23-24-25-29-32-35-38-41-45-49-53-57-61-65-69-73-79(84)78(77-83)82-80(85)74-70-66-62-58-54-50-46-42-39-36-33-30-27-26-28-31-34-37-40-44-48-52-56-60-64-68-72-76-87-81(86)75-71-67-63-59-55-51-47-43-22-20-18-16-14-12-10-8-6-4-2/h20,22,69,73,78-79,83-84H,3-19,21,23-68,70-72,74-77H2,1-2H3,(H,82,85)/b22-20-,73-69+. The van der Waals surface area contributed by atoms with E-state index in [1.807, 2.05) is 6.08 Å². The Balaban J connectivity index is 3.37. The minimum Gasteiger partial charge on any atom is -0.466 e. The van der Waals surface area contributed by atoms with E-state index in [1.54, 1.807) is 6.08 Å². The van der Waals surface area contributed by atoms with Crippen LogP contribution in [-0.4, -0.2) is 47.4 Å². The van der Waals surface area contributed by atoms with Gasteiger partial charge in [-0.1, -0.05) is 411 Å². The number of unbranched alkanes of at least 4 members (excludes halogenated alkanes) is 63. The Bertz CT molecular complexity index is 1360. The number of amides is 1. The maximum absolute atomic E-state index is 12.6. The quantitative estimate of drug-likeness (QED) is 0.0320. The number of nitrogens with one attached hydrogen (secondary N) is 1. The molecule has 516 valence electrons. The Morgan fingerprint density at radius 3 is 0.816 bits per heavy atom. The number of allylic oxidation sites excluding steroid dienone is 3. The lowest BCUT2D eigenvalue weighted by Crippen LogP contribution is -2.45. The molecule has 0 bridgehead atoms. The van der Waals surface area contributed by atoms with Crippen molar-refractivity contribution >= 4 is 11.9 Å². The molecule has 6 heteroatoms. The largest absolute Gasteiger partial charge is 0.466 e. The van der Waals surface area contributed by atoms with Crippen LogP contribution in [0.25, 0.3) is 0 Å². The first-order valence-electron chi connectivity index (χ1n) is 40.1. The first-order chi connectivity index (χ1) is 43.0. The molecular formula is C81H157NO5. The van der Waals surface area contributed by atoms with Crippen LogP contribution in [0.2, 0.25) is 0 Å². The van der Waals surface area contributed by atoms with Crippen LogP contribution in [0.4, 0.5) is 0 Å². The van der Waals surface area contributed by atoms with Crippen molar-refractivity contribution in [3.63, 3.8) is 0 Å². The summed E-state index contributed by atoms with van der Waals surface area (Å²) < 4.78 is 5.51. The van der Waals surface area contributed by atoms with Crippen LogP contribution in [0.15, 0.2) is 24.3 Å². The molecule has 0 saturated heterocycles. The van der Waals surface area contributed by atoms with E-state index >= 15 is 0 Å². The van der Waals surface area contributed by atoms with Gasteiger partial charge in [0.1, 0.15) is 0 Å². The van der Waals surface area contributed by atoms with E-state index in [1.165, 1.54) is 385 Å². The zero-order valence-corrected chi connectivity index (χ0v) is 59.3. The Morgan fingerprint density at radius 2 is 0.540 bits per heavy atom. The van der Waals surface area contributed by atoms with Crippen molar-refractivity contribution in [3.8, 4) is 0 Å². The van der Waals surface area contributed by atoms with E-state index in [4.69, 9.17) is 4.74 Å². The summed E-state index contributed by atoms with van der Waals surface area (Å²) in [5, 5.41) is 23.3. The van der Waals surface area contributed by atoms with Gasteiger partial charge in [-0.2, -0.15) is 0 Å². The lowest BCUT2D eigenvalue weighted by atomic mass is 10.0.